The maximum absolute atomic E-state index is 11.1. The van der Waals surface area contributed by atoms with E-state index in [1.807, 2.05) is 0 Å². The smallest absolute Gasteiger partial charge is 0.329 e. The van der Waals surface area contributed by atoms with Crippen molar-refractivity contribution in [2.75, 3.05) is 7.05 Å². The minimum Gasteiger partial charge on any atom is -0.506 e. The second-order valence-corrected chi connectivity index (χ2v) is 4.82. The zero-order chi connectivity index (χ0) is 13.7. The highest BCUT2D eigenvalue weighted by Gasteiger charge is 2.09. The van der Waals surface area contributed by atoms with Crippen LogP contribution in [-0.4, -0.2) is 30.2 Å². The summed E-state index contributed by atoms with van der Waals surface area (Å²) in [7, 11) is 1.35. The lowest BCUT2D eigenvalue weighted by Crippen LogP contribution is -2.35. The molecule has 0 unspecified atom stereocenters. The number of phenols is 1. The molecule has 0 aliphatic heterocycles. The number of amides is 2. The molecule has 0 radical (unpaired) electrons. The summed E-state index contributed by atoms with van der Waals surface area (Å²) >= 11 is 6.32. The van der Waals surface area contributed by atoms with Gasteiger partial charge in [0.25, 0.3) is 0 Å². The van der Waals surface area contributed by atoms with Crippen LogP contribution in [0.1, 0.15) is 5.56 Å². The fraction of sp³-hybridized carbons (Fsp3) is 0.100. The van der Waals surface area contributed by atoms with Gasteiger partial charge in [-0.3, -0.25) is 9.59 Å². The highest BCUT2D eigenvalue weighted by atomic mass is 79.9. The number of rotatable bonds is 2. The minimum atomic E-state index is -0.856. The van der Waals surface area contributed by atoms with Gasteiger partial charge in [-0.2, -0.15) is 5.10 Å². The Morgan fingerprint density at radius 2 is 1.83 bits per heavy atom. The van der Waals surface area contributed by atoms with Gasteiger partial charge in [-0.05, 0) is 49.6 Å². The van der Waals surface area contributed by atoms with Crippen molar-refractivity contribution in [1.82, 2.24) is 10.7 Å². The van der Waals surface area contributed by atoms with Gasteiger partial charge in [0.05, 0.1) is 15.2 Å². The van der Waals surface area contributed by atoms with E-state index in [2.05, 4.69) is 47.7 Å². The van der Waals surface area contributed by atoms with Crippen molar-refractivity contribution in [2.45, 2.75) is 0 Å². The van der Waals surface area contributed by atoms with Gasteiger partial charge in [0.1, 0.15) is 5.75 Å². The van der Waals surface area contributed by atoms with Gasteiger partial charge in [0, 0.05) is 7.05 Å². The maximum atomic E-state index is 11.1. The number of nitrogens with one attached hydrogen (secondary N) is 2. The van der Waals surface area contributed by atoms with Crippen molar-refractivity contribution in [3.8, 4) is 5.75 Å². The van der Waals surface area contributed by atoms with Gasteiger partial charge in [0.2, 0.25) is 0 Å². The van der Waals surface area contributed by atoms with Crippen molar-refractivity contribution in [1.29, 1.82) is 0 Å². The number of hydrazone groups is 1. The van der Waals surface area contributed by atoms with Gasteiger partial charge < -0.3 is 10.4 Å². The van der Waals surface area contributed by atoms with E-state index < -0.39 is 11.8 Å². The molecule has 0 saturated heterocycles. The fourth-order valence-electron chi connectivity index (χ4n) is 0.989. The minimum absolute atomic E-state index is 0.0709. The molecule has 2 amide bonds. The number of likely N-dealkylation sites (N-methyl/N-ethyl adjacent to an activating group) is 1. The average Bonchev–Trinajstić information content (AvgIpc) is 2.34. The number of halogens is 2. The molecule has 0 fully saturated rings. The van der Waals surface area contributed by atoms with E-state index in [4.69, 9.17) is 0 Å². The Bertz CT molecular complexity index is 494. The molecular formula is C10H9Br2N3O3. The molecular weight excluding hydrogens is 370 g/mol. The lowest BCUT2D eigenvalue weighted by atomic mass is 10.2. The molecule has 0 atom stereocenters. The van der Waals surface area contributed by atoms with Crippen molar-refractivity contribution in [3.05, 3.63) is 26.6 Å². The number of benzene rings is 1. The normalized spacial score (nSPS) is 10.4. The number of carbonyl (C=O) groups excluding carboxylic acids is 2. The fourth-order valence-corrected chi connectivity index (χ4v) is 2.21. The van der Waals surface area contributed by atoms with E-state index in [9.17, 15) is 14.7 Å². The van der Waals surface area contributed by atoms with Crippen molar-refractivity contribution in [3.63, 3.8) is 0 Å². The Balaban J connectivity index is 2.74. The first-order valence-corrected chi connectivity index (χ1v) is 6.27. The summed E-state index contributed by atoms with van der Waals surface area (Å²) in [6, 6.07) is 3.21. The number of nitrogens with zero attached hydrogens (tertiary/aromatic N) is 1. The van der Waals surface area contributed by atoms with Crippen LogP contribution in [0.5, 0.6) is 5.75 Å². The van der Waals surface area contributed by atoms with Crippen LogP contribution >= 0.6 is 31.9 Å². The van der Waals surface area contributed by atoms with E-state index >= 15 is 0 Å². The molecule has 8 heteroatoms. The summed E-state index contributed by atoms with van der Waals surface area (Å²) in [5.41, 5.74) is 2.69. The van der Waals surface area contributed by atoms with Crippen LogP contribution < -0.4 is 10.7 Å². The van der Waals surface area contributed by atoms with E-state index in [0.717, 1.165) is 0 Å². The molecule has 3 N–H and O–H groups in total. The molecule has 0 saturated carbocycles. The highest BCUT2D eigenvalue weighted by molar-refractivity contribution is 9.11. The quantitative estimate of drug-likeness (QED) is 0.409. The second kappa shape index (κ2) is 6.50. The van der Waals surface area contributed by atoms with Crippen molar-refractivity contribution < 1.29 is 14.7 Å². The number of aromatic hydroxyl groups is 1. The molecule has 0 aliphatic rings. The van der Waals surface area contributed by atoms with Crippen LogP contribution in [-0.2, 0) is 9.59 Å². The van der Waals surface area contributed by atoms with Crippen molar-refractivity contribution >= 4 is 49.9 Å². The first kappa shape index (κ1) is 14.7. The summed E-state index contributed by atoms with van der Waals surface area (Å²) < 4.78 is 0.965. The Kier molecular flexibility index (Phi) is 5.29. The monoisotopic (exact) mass is 377 g/mol. The zero-order valence-electron chi connectivity index (χ0n) is 9.20. The summed E-state index contributed by atoms with van der Waals surface area (Å²) in [5, 5.41) is 15.3. The molecule has 1 aromatic carbocycles. The first-order valence-electron chi connectivity index (χ1n) is 4.69. The maximum Gasteiger partial charge on any atom is 0.329 e. The molecule has 0 heterocycles. The summed E-state index contributed by atoms with van der Waals surface area (Å²) in [6.07, 6.45) is 1.34. The molecule has 6 nitrogen and oxygen atoms in total. The van der Waals surface area contributed by atoms with Gasteiger partial charge in [0.15, 0.2) is 0 Å². The van der Waals surface area contributed by atoms with Crippen LogP contribution in [0.3, 0.4) is 0 Å². The zero-order valence-corrected chi connectivity index (χ0v) is 12.4. The SMILES string of the molecule is CNC(=O)C(=O)N/N=C/c1cc(Br)c(O)c(Br)c1. The molecule has 18 heavy (non-hydrogen) atoms. The van der Waals surface area contributed by atoms with Crippen LogP contribution in [0.4, 0.5) is 0 Å². The summed E-state index contributed by atoms with van der Waals surface area (Å²) in [5.74, 6) is -1.56. The topological polar surface area (TPSA) is 90.8 Å². The first-order chi connectivity index (χ1) is 8.45. The van der Waals surface area contributed by atoms with E-state index in [0.29, 0.717) is 14.5 Å². The van der Waals surface area contributed by atoms with Crippen LogP contribution in [0.25, 0.3) is 0 Å². The number of hydrogen-bond donors (Lipinski definition) is 3. The van der Waals surface area contributed by atoms with Gasteiger partial charge in [-0.1, -0.05) is 0 Å². The van der Waals surface area contributed by atoms with Crippen LogP contribution in [0, 0.1) is 0 Å². The predicted molar refractivity (Wildman–Crippen MR) is 73.3 cm³/mol. The summed E-state index contributed by atoms with van der Waals surface area (Å²) in [6.45, 7) is 0. The lowest BCUT2D eigenvalue weighted by Gasteiger charge is -2.02. The Hall–Kier alpha value is -1.41. The third-order valence-corrected chi connectivity index (χ3v) is 3.06. The van der Waals surface area contributed by atoms with Gasteiger partial charge in [-0.25, -0.2) is 5.43 Å². The number of carbonyl (C=O) groups is 2. The Morgan fingerprint density at radius 1 is 1.28 bits per heavy atom. The predicted octanol–water partition coefficient (Wildman–Crippen LogP) is 1.11. The summed E-state index contributed by atoms with van der Waals surface area (Å²) in [4.78, 5) is 21.9. The highest BCUT2D eigenvalue weighted by Crippen LogP contribution is 2.32. The Labute approximate surface area is 120 Å². The molecule has 0 bridgehead atoms. The lowest BCUT2D eigenvalue weighted by molar-refractivity contribution is -0.138. The molecule has 0 aromatic heterocycles. The van der Waals surface area contributed by atoms with E-state index in [-0.39, 0.29) is 5.75 Å². The molecule has 0 spiro atoms. The Morgan fingerprint density at radius 3 is 2.33 bits per heavy atom. The number of hydrogen-bond acceptors (Lipinski definition) is 4. The van der Waals surface area contributed by atoms with E-state index in [1.165, 1.54) is 13.3 Å². The van der Waals surface area contributed by atoms with Crippen LogP contribution in [0.2, 0.25) is 0 Å². The van der Waals surface area contributed by atoms with Crippen LogP contribution in [0.15, 0.2) is 26.2 Å². The number of phenolic OH excluding ortho intramolecular Hbond substituents is 1. The van der Waals surface area contributed by atoms with E-state index in [1.54, 1.807) is 12.1 Å². The molecule has 0 aliphatic carbocycles. The average molecular weight is 379 g/mol. The second-order valence-electron chi connectivity index (χ2n) is 3.11. The van der Waals surface area contributed by atoms with Gasteiger partial charge in [-0.15, -0.1) is 0 Å². The molecule has 1 rings (SSSR count). The largest absolute Gasteiger partial charge is 0.506 e. The third kappa shape index (κ3) is 3.81. The molecule has 1 aromatic rings. The molecule has 96 valence electrons. The standard InChI is InChI=1S/C10H9Br2N3O3/c1-13-9(17)10(18)15-14-4-5-2-6(11)8(16)7(12)3-5/h2-4,16H,1H3,(H,13,17)(H,15,18)/b14-4+. The van der Waals surface area contributed by atoms with Crippen molar-refractivity contribution in [2.24, 2.45) is 5.10 Å². The van der Waals surface area contributed by atoms with Gasteiger partial charge >= 0.3 is 11.8 Å². The third-order valence-electron chi connectivity index (χ3n) is 1.85.